The average molecular weight is 326 g/mol. The summed E-state index contributed by atoms with van der Waals surface area (Å²) in [5, 5.41) is 0. The first-order chi connectivity index (χ1) is 11.4. The summed E-state index contributed by atoms with van der Waals surface area (Å²) >= 11 is 0. The maximum absolute atomic E-state index is 12.8. The molecule has 1 heterocycles. The summed E-state index contributed by atoms with van der Waals surface area (Å²) < 4.78 is 6.27. The molecule has 0 saturated carbocycles. The summed E-state index contributed by atoms with van der Waals surface area (Å²) in [7, 11) is 5.17. The van der Waals surface area contributed by atoms with Gasteiger partial charge in [-0.2, -0.15) is 0 Å². The van der Waals surface area contributed by atoms with Crippen molar-refractivity contribution in [2.24, 2.45) is 0 Å². The van der Waals surface area contributed by atoms with Crippen molar-refractivity contribution in [2.75, 3.05) is 26.1 Å². The van der Waals surface area contributed by atoms with Gasteiger partial charge in [0.25, 0.3) is 5.56 Å². The fourth-order valence-electron chi connectivity index (χ4n) is 2.56. The van der Waals surface area contributed by atoms with Crippen LogP contribution >= 0.6 is 0 Å². The zero-order chi connectivity index (χ0) is 17.9. The molecule has 0 saturated heterocycles. The van der Waals surface area contributed by atoms with Gasteiger partial charge in [-0.15, -0.1) is 6.58 Å². The molecule has 0 aliphatic carbocycles. The maximum atomic E-state index is 12.8. The third kappa shape index (κ3) is 3.25. The monoisotopic (exact) mass is 326 g/mol. The van der Waals surface area contributed by atoms with Crippen LogP contribution in [0.4, 0.5) is 5.69 Å². The third-order valence-corrected chi connectivity index (χ3v) is 3.97. The molecule has 0 aliphatic rings. The van der Waals surface area contributed by atoms with Crippen molar-refractivity contribution in [1.29, 1.82) is 0 Å². The quantitative estimate of drug-likeness (QED) is 0.626. The highest BCUT2D eigenvalue weighted by Crippen LogP contribution is 2.18. The van der Waals surface area contributed by atoms with Gasteiger partial charge in [-0.05, 0) is 48.7 Å². The minimum Gasteiger partial charge on any atom is -0.465 e. The Labute approximate surface area is 141 Å². The third-order valence-electron chi connectivity index (χ3n) is 3.97. The summed E-state index contributed by atoms with van der Waals surface area (Å²) in [5.74, 6) is -0.623. The van der Waals surface area contributed by atoms with Gasteiger partial charge in [0.1, 0.15) is 5.56 Å². The molecule has 0 fully saturated rings. The van der Waals surface area contributed by atoms with Crippen molar-refractivity contribution in [2.45, 2.75) is 13.3 Å². The molecule has 0 unspecified atom stereocenters. The molecule has 0 amide bonds. The summed E-state index contributed by atoms with van der Waals surface area (Å²) in [4.78, 5) is 26.8. The van der Waals surface area contributed by atoms with Crippen molar-refractivity contribution in [3.63, 3.8) is 0 Å². The Bertz CT molecular complexity index is 818. The number of carbonyl (C=O) groups excluding carboxylic acids is 1. The Morgan fingerprint density at radius 2 is 1.92 bits per heavy atom. The van der Waals surface area contributed by atoms with Gasteiger partial charge >= 0.3 is 5.97 Å². The topological polar surface area (TPSA) is 51.5 Å². The average Bonchev–Trinajstić information content (AvgIpc) is 2.57. The second kappa shape index (κ2) is 7.17. The number of anilines is 1. The van der Waals surface area contributed by atoms with Gasteiger partial charge in [0, 0.05) is 31.7 Å². The van der Waals surface area contributed by atoms with Gasteiger partial charge in [0.15, 0.2) is 0 Å². The zero-order valence-electron chi connectivity index (χ0n) is 14.5. The van der Waals surface area contributed by atoms with E-state index >= 15 is 0 Å². The number of aromatic nitrogens is 1. The molecule has 1 aromatic carbocycles. The lowest BCUT2D eigenvalue weighted by atomic mass is 10.0. The van der Waals surface area contributed by atoms with Crippen molar-refractivity contribution in [1.82, 2.24) is 4.57 Å². The van der Waals surface area contributed by atoms with E-state index < -0.39 is 5.97 Å². The number of ether oxygens (including phenoxy) is 1. The molecule has 2 aromatic rings. The largest absolute Gasteiger partial charge is 0.465 e. The van der Waals surface area contributed by atoms with E-state index in [1.54, 1.807) is 19.2 Å². The van der Waals surface area contributed by atoms with Crippen molar-refractivity contribution in [3.05, 3.63) is 70.2 Å². The predicted octanol–water partition coefficient (Wildman–Crippen LogP) is 2.73. The van der Waals surface area contributed by atoms with Crippen LogP contribution in [0.1, 0.15) is 21.5 Å². The highest BCUT2D eigenvalue weighted by atomic mass is 16.5. The highest BCUT2D eigenvalue weighted by molar-refractivity contribution is 5.91. The molecule has 0 N–H and O–H groups in total. The number of carbonyl (C=O) groups is 1. The Morgan fingerprint density at radius 1 is 1.29 bits per heavy atom. The van der Waals surface area contributed by atoms with E-state index in [1.165, 1.54) is 11.7 Å². The number of benzene rings is 1. The number of hydrogen-bond donors (Lipinski definition) is 0. The van der Waals surface area contributed by atoms with E-state index in [1.807, 2.05) is 43.3 Å². The molecule has 0 bridgehead atoms. The Kier molecular flexibility index (Phi) is 5.24. The normalized spacial score (nSPS) is 10.3. The fourth-order valence-corrected chi connectivity index (χ4v) is 2.56. The first-order valence-electron chi connectivity index (χ1n) is 7.62. The van der Waals surface area contributed by atoms with Crippen LogP contribution in [0.5, 0.6) is 0 Å². The molecule has 0 aliphatic heterocycles. The van der Waals surface area contributed by atoms with E-state index in [0.29, 0.717) is 17.7 Å². The highest BCUT2D eigenvalue weighted by Gasteiger charge is 2.20. The molecule has 0 atom stereocenters. The number of esters is 1. The van der Waals surface area contributed by atoms with Gasteiger partial charge in [-0.25, -0.2) is 4.79 Å². The summed E-state index contributed by atoms with van der Waals surface area (Å²) in [6.45, 7) is 5.49. The maximum Gasteiger partial charge on any atom is 0.343 e. The first kappa shape index (κ1) is 17.5. The number of pyridine rings is 1. The Hall–Kier alpha value is -2.82. The van der Waals surface area contributed by atoms with Crippen LogP contribution in [0.2, 0.25) is 0 Å². The lowest BCUT2D eigenvalue weighted by molar-refractivity contribution is 0.0597. The summed E-state index contributed by atoms with van der Waals surface area (Å²) in [5.41, 5.74) is 2.90. The standard InChI is InChI=1S/C19H22N2O3/c1-6-7-14-12-21(16-10-8-15(9-11-16)20(3)4)18(22)17(13(14)2)19(23)24-5/h6,8-12H,1,7H2,2-5H3. The Balaban J connectivity index is 2.69. The van der Waals surface area contributed by atoms with Crippen LogP contribution < -0.4 is 10.5 Å². The van der Waals surface area contributed by atoms with Crippen molar-refractivity contribution >= 4 is 11.7 Å². The summed E-state index contributed by atoms with van der Waals surface area (Å²) in [6, 6.07) is 7.55. The smallest absolute Gasteiger partial charge is 0.343 e. The molecule has 24 heavy (non-hydrogen) atoms. The predicted molar refractivity (Wildman–Crippen MR) is 96.3 cm³/mol. The lowest BCUT2D eigenvalue weighted by Crippen LogP contribution is -2.28. The lowest BCUT2D eigenvalue weighted by Gasteiger charge is -2.16. The number of allylic oxidation sites excluding steroid dienone is 1. The molecule has 0 radical (unpaired) electrons. The van der Waals surface area contributed by atoms with E-state index in [2.05, 4.69) is 6.58 Å². The minimum absolute atomic E-state index is 0.0635. The van der Waals surface area contributed by atoms with Crippen LogP contribution in [-0.2, 0) is 11.2 Å². The molecule has 5 nitrogen and oxygen atoms in total. The number of nitrogens with zero attached hydrogens (tertiary/aromatic N) is 2. The first-order valence-corrected chi connectivity index (χ1v) is 7.62. The van der Waals surface area contributed by atoms with Crippen molar-refractivity contribution in [3.8, 4) is 5.69 Å². The fraction of sp³-hybridized carbons (Fsp3) is 0.263. The molecule has 0 spiro atoms. The van der Waals surface area contributed by atoms with Crippen LogP contribution in [0.3, 0.4) is 0 Å². The van der Waals surface area contributed by atoms with E-state index in [0.717, 1.165) is 11.3 Å². The van der Waals surface area contributed by atoms with Crippen molar-refractivity contribution < 1.29 is 9.53 Å². The number of rotatable bonds is 5. The molecule has 2 rings (SSSR count). The second-order valence-electron chi connectivity index (χ2n) is 5.72. The van der Waals surface area contributed by atoms with E-state index in [-0.39, 0.29) is 11.1 Å². The number of hydrogen-bond acceptors (Lipinski definition) is 4. The minimum atomic E-state index is -0.623. The molecule has 5 heteroatoms. The Morgan fingerprint density at radius 3 is 2.42 bits per heavy atom. The van der Waals surface area contributed by atoms with Crippen LogP contribution in [0.15, 0.2) is 47.9 Å². The zero-order valence-corrected chi connectivity index (χ0v) is 14.5. The SMILES string of the molecule is C=CCc1cn(-c2ccc(N(C)C)cc2)c(=O)c(C(=O)OC)c1C. The molecule has 1 aromatic heterocycles. The number of methoxy groups -OCH3 is 1. The van der Waals surface area contributed by atoms with E-state index in [9.17, 15) is 9.59 Å². The van der Waals surface area contributed by atoms with Gasteiger partial charge < -0.3 is 9.64 Å². The summed E-state index contributed by atoms with van der Waals surface area (Å²) in [6.07, 6.45) is 4.07. The van der Waals surface area contributed by atoms with Crippen LogP contribution in [0, 0.1) is 6.92 Å². The molecular formula is C19H22N2O3. The molecular weight excluding hydrogens is 304 g/mol. The van der Waals surface area contributed by atoms with Gasteiger partial charge in [-0.3, -0.25) is 9.36 Å². The van der Waals surface area contributed by atoms with Crippen LogP contribution in [-0.4, -0.2) is 31.7 Å². The molecule has 126 valence electrons. The van der Waals surface area contributed by atoms with Gasteiger partial charge in [0.05, 0.1) is 7.11 Å². The van der Waals surface area contributed by atoms with Crippen LogP contribution in [0.25, 0.3) is 5.69 Å². The van der Waals surface area contributed by atoms with Gasteiger partial charge in [-0.1, -0.05) is 6.08 Å². The second-order valence-corrected chi connectivity index (χ2v) is 5.72. The van der Waals surface area contributed by atoms with E-state index in [4.69, 9.17) is 4.74 Å². The van der Waals surface area contributed by atoms with Gasteiger partial charge in [0.2, 0.25) is 0 Å².